The Bertz CT molecular complexity index is 397. The first-order valence-corrected chi connectivity index (χ1v) is 7.18. The van der Waals surface area contributed by atoms with Crippen LogP contribution in [0.5, 0.6) is 0 Å². The maximum atomic E-state index is 12.2. The number of hydrogen-bond donors (Lipinski definition) is 1. The second-order valence-electron chi connectivity index (χ2n) is 4.89. The van der Waals surface area contributed by atoms with Crippen molar-refractivity contribution in [2.75, 3.05) is 19.6 Å². The molecule has 0 radical (unpaired) electrons. The third-order valence-electron chi connectivity index (χ3n) is 3.22. The minimum Gasteiger partial charge on any atom is -0.309 e. The van der Waals surface area contributed by atoms with Crippen LogP contribution in [0.2, 0.25) is 0 Å². The summed E-state index contributed by atoms with van der Waals surface area (Å²) in [6, 6.07) is 0.312. The molecule has 3 nitrogen and oxygen atoms in total. The third-order valence-corrected chi connectivity index (χ3v) is 4.14. The van der Waals surface area contributed by atoms with Crippen LogP contribution in [0.15, 0.2) is 6.20 Å². The first kappa shape index (κ1) is 14.7. The van der Waals surface area contributed by atoms with E-state index in [1.807, 2.05) is 13.1 Å². The molecular formula is C12H18F3N3S. The van der Waals surface area contributed by atoms with Gasteiger partial charge in [0.2, 0.25) is 0 Å². The summed E-state index contributed by atoms with van der Waals surface area (Å²) in [5, 5.41) is 4.44. The van der Waals surface area contributed by atoms with Gasteiger partial charge in [-0.15, -0.1) is 11.3 Å². The van der Waals surface area contributed by atoms with Crippen molar-refractivity contribution in [3.8, 4) is 0 Å². The summed E-state index contributed by atoms with van der Waals surface area (Å²) in [5.41, 5.74) is 0. The van der Waals surface area contributed by atoms with Crippen molar-refractivity contribution in [1.29, 1.82) is 0 Å². The van der Waals surface area contributed by atoms with Crippen molar-refractivity contribution >= 4 is 11.3 Å². The summed E-state index contributed by atoms with van der Waals surface area (Å²) in [4.78, 5) is 6.84. The van der Waals surface area contributed by atoms with Crippen molar-refractivity contribution in [3.63, 3.8) is 0 Å². The van der Waals surface area contributed by atoms with Gasteiger partial charge in [0.05, 0.1) is 11.6 Å². The molecule has 2 rings (SSSR count). The largest absolute Gasteiger partial charge is 0.401 e. The Morgan fingerprint density at radius 2 is 2.11 bits per heavy atom. The van der Waals surface area contributed by atoms with Gasteiger partial charge in [-0.05, 0) is 32.9 Å². The summed E-state index contributed by atoms with van der Waals surface area (Å²) in [6.07, 6.45) is -0.687. The first-order chi connectivity index (χ1) is 8.92. The molecule has 1 aliphatic rings. The topological polar surface area (TPSA) is 28.2 Å². The number of nitrogens with one attached hydrogen (secondary N) is 1. The Hall–Kier alpha value is -0.660. The Balaban J connectivity index is 1.69. The number of nitrogens with zero attached hydrogens (tertiary/aromatic N) is 2. The molecule has 19 heavy (non-hydrogen) atoms. The van der Waals surface area contributed by atoms with E-state index in [1.54, 1.807) is 11.3 Å². The second kappa shape index (κ2) is 6.19. The summed E-state index contributed by atoms with van der Waals surface area (Å²) in [5.74, 6) is 0. The monoisotopic (exact) mass is 293 g/mol. The van der Waals surface area contributed by atoms with Crippen LogP contribution >= 0.6 is 11.3 Å². The quantitative estimate of drug-likeness (QED) is 0.925. The zero-order valence-electron chi connectivity index (χ0n) is 10.8. The standard InChI is InChI=1S/C12H18F3N3S/c1-9-16-6-11(19-9)7-17-10-2-4-18(5-3-10)8-12(13,14)15/h6,10,17H,2-5,7-8H2,1H3. The van der Waals surface area contributed by atoms with Crippen molar-refractivity contribution in [3.05, 3.63) is 16.1 Å². The molecule has 1 fully saturated rings. The highest BCUT2D eigenvalue weighted by atomic mass is 32.1. The molecule has 0 aromatic carbocycles. The van der Waals surface area contributed by atoms with Gasteiger partial charge in [-0.2, -0.15) is 13.2 Å². The molecule has 0 unspecified atom stereocenters. The average Bonchev–Trinajstić information content (AvgIpc) is 2.72. The number of hydrogen-bond acceptors (Lipinski definition) is 4. The number of piperidine rings is 1. The lowest BCUT2D eigenvalue weighted by atomic mass is 10.1. The summed E-state index contributed by atoms with van der Waals surface area (Å²) < 4.78 is 36.7. The molecule has 2 heterocycles. The summed E-state index contributed by atoms with van der Waals surface area (Å²) in [6.45, 7) is 2.96. The lowest BCUT2D eigenvalue weighted by molar-refractivity contribution is -0.148. The van der Waals surface area contributed by atoms with E-state index in [0.717, 1.165) is 24.4 Å². The van der Waals surface area contributed by atoms with E-state index in [4.69, 9.17) is 0 Å². The Labute approximate surface area is 114 Å². The predicted molar refractivity (Wildman–Crippen MR) is 69.2 cm³/mol. The average molecular weight is 293 g/mol. The lowest BCUT2D eigenvalue weighted by Gasteiger charge is -2.32. The molecular weight excluding hydrogens is 275 g/mol. The fourth-order valence-electron chi connectivity index (χ4n) is 2.28. The van der Waals surface area contributed by atoms with Crippen LogP contribution in [0.1, 0.15) is 22.7 Å². The molecule has 7 heteroatoms. The lowest BCUT2D eigenvalue weighted by Crippen LogP contribution is -2.45. The molecule has 1 aromatic rings. The number of likely N-dealkylation sites (tertiary alicyclic amines) is 1. The molecule has 0 aliphatic carbocycles. The number of halogens is 3. The fraction of sp³-hybridized carbons (Fsp3) is 0.750. The van der Waals surface area contributed by atoms with E-state index in [1.165, 1.54) is 9.78 Å². The zero-order chi connectivity index (χ0) is 13.9. The number of alkyl halides is 3. The van der Waals surface area contributed by atoms with Crippen LogP contribution in [0, 0.1) is 6.92 Å². The number of aryl methyl sites for hydroxylation is 1. The molecule has 1 saturated heterocycles. The van der Waals surface area contributed by atoms with Gasteiger partial charge in [-0.3, -0.25) is 4.90 Å². The Morgan fingerprint density at radius 3 is 2.63 bits per heavy atom. The van der Waals surface area contributed by atoms with Gasteiger partial charge in [-0.25, -0.2) is 4.98 Å². The maximum Gasteiger partial charge on any atom is 0.401 e. The predicted octanol–water partition coefficient (Wildman–Crippen LogP) is 2.57. The summed E-state index contributed by atoms with van der Waals surface area (Å²) in [7, 11) is 0. The Kier molecular flexibility index (Phi) is 4.81. The normalized spacial score (nSPS) is 18.9. The van der Waals surface area contributed by atoms with Crippen LogP contribution in [-0.4, -0.2) is 41.7 Å². The second-order valence-corrected chi connectivity index (χ2v) is 6.21. The van der Waals surface area contributed by atoms with E-state index in [9.17, 15) is 13.2 Å². The van der Waals surface area contributed by atoms with E-state index < -0.39 is 12.7 Å². The van der Waals surface area contributed by atoms with Crippen LogP contribution in [-0.2, 0) is 6.54 Å². The van der Waals surface area contributed by atoms with Crippen molar-refractivity contribution in [2.24, 2.45) is 0 Å². The summed E-state index contributed by atoms with van der Waals surface area (Å²) >= 11 is 1.65. The van der Waals surface area contributed by atoms with Gasteiger partial charge in [0.1, 0.15) is 0 Å². The van der Waals surface area contributed by atoms with Crippen LogP contribution in [0.3, 0.4) is 0 Å². The minimum absolute atomic E-state index is 0.312. The van der Waals surface area contributed by atoms with Crippen molar-refractivity contribution in [1.82, 2.24) is 15.2 Å². The molecule has 0 saturated carbocycles. The molecule has 0 amide bonds. The van der Waals surface area contributed by atoms with E-state index in [2.05, 4.69) is 10.3 Å². The SMILES string of the molecule is Cc1ncc(CNC2CCN(CC(F)(F)F)CC2)s1. The highest BCUT2D eigenvalue weighted by Crippen LogP contribution is 2.20. The van der Waals surface area contributed by atoms with Crippen LogP contribution in [0.4, 0.5) is 13.2 Å². The van der Waals surface area contributed by atoms with Crippen LogP contribution < -0.4 is 5.32 Å². The van der Waals surface area contributed by atoms with Crippen LogP contribution in [0.25, 0.3) is 0 Å². The highest BCUT2D eigenvalue weighted by molar-refractivity contribution is 7.11. The maximum absolute atomic E-state index is 12.2. The first-order valence-electron chi connectivity index (χ1n) is 6.36. The minimum atomic E-state index is -4.08. The molecule has 0 spiro atoms. The molecule has 1 N–H and O–H groups in total. The van der Waals surface area contributed by atoms with E-state index in [0.29, 0.717) is 19.1 Å². The molecule has 0 atom stereocenters. The smallest absolute Gasteiger partial charge is 0.309 e. The Morgan fingerprint density at radius 1 is 1.42 bits per heavy atom. The number of aromatic nitrogens is 1. The molecule has 1 aliphatic heterocycles. The molecule has 108 valence electrons. The fourth-order valence-corrected chi connectivity index (χ4v) is 3.03. The number of rotatable bonds is 4. The highest BCUT2D eigenvalue weighted by Gasteiger charge is 2.32. The van der Waals surface area contributed by atoms with Gasteiger partial charge in [0.25, 0.3) is 0 Å². The van der Waals surface area contributed by atoms with Gasteiger partial charge in [0.15, 0.2) is 0 Å². The molecule has 0 bridgehead atoms. The zero-order valence-corrected chi connectivity index (χ0v) is 11.7. The van der Waals surface area contributed by atoms with Crippen molar-refractivity contribution in [2.45, 2.75) is 38.5 Å². The van der Waals surface area contributed by atoms with Gasteiger partial charge >= 0.3 is 6.18 Å². The van der Waals surface area contributed by atoms with E-state index >= 15 is 0 Å². The van der Waals surface area contributed by atoms with Crippen molar-refractivity contribution < 1.29 is 13.2 Å². The van der Waals surface area contributed by atoms with E-state index in [-0.39, 0.29) is 0 Å². The van der Waals surface area contributed by atoms with Gasteiger partial charge in [0, 0.05) is 23.7 Å². The number of thiazole rings is 1. The third kappa shape index (κ3) is 5.08. The van der Waals surface area contributed by atoms with Gasteiger partial charge in [-0.1, -0.05) is 0 Å². The molecule has 1 aromatic heterocycles. The van der Waals surface area contributed by atoms with Gasteiger partial charge < -0.3 is 5.32 Å².